The highest BCUT2D eigenvalue weighted by molar-refractivity contribution is 9.10. The largest absolute Gasteiger partial charge is 0.418 e. The van der Waals surface area contributed by atoms with Crippen LogP contribution in [0.3, 0.4) is 0 Å². The molecule has 1 fully saturated rings. The number of hydrogen-bond donors (Lipinski definition) is 0. The molecule has 1 heterocycles. The van der Waals surface area contributed by atoms with Crippen LogP contribution in [0.25, 0.3) is 0 Å². The van der Waals surface area contributed by atoms with Gasteiger partial charge in [-0.1, -0.05) is 28.1 Å². The molecule has 7 heteroatoms. The van der Waals surface area contributed by atoms with Crippen molar-refractivity contribution in [3.05, 3.63) is 29.8 Å². The summed E-state index contributed by atoms with van der Waals surface area (Å²) in [7, 11) is 0. The van der Waals surface area contributed by atoms with Gasteiger partial charge in [-0.2, -0.15) is 18.2 Å². The first-order valence-corrected chi connectivity index (χ1v) is 5.60. The zero-order valence-corrected chi connectivity index (χ0v) is 9.96. The number of amides is 1. The maximum atomic E-state index is 12.7. The molecule has 0 spiro atoms. The van der Waals surface area contributed by atoms with Crippen LogP contribution in [0.1, 0.15) is 5.56 Å². The molecule has 1 saturated heterocycles. The zero-order valence-electron chi connectivity index (χ0n) is 8.37. The van der Waals surface area contributed by atoms with Gasteiger partial charge >= 0.3 is 6.18 Å². The highest BCUT2D eigenvalue weighted by Crippen LogP contribution is 2.38. The quantitative estimate of drug-likeness (QED) is 0.747. The van der Waals surface area contributed by atoms with Crippen molar-refractivity contribution < 1.29 is 22.8 Å². The lowest BCUT2D eigenvalue weighted by Crippen LogP contribution is -2.28. The number of hydroxylamine groups is 1. The minimum Gasteiger partial charge on any atom is -0.271 e. The van der Waals surface area contributed by atoms with E-state index in [0.29, 0.717) is 5.06 Å². The molecule has 2 rings (SSSR count). The van der Waals surface area contributed by atoms with Gasteiger partial charge in [0.25, 0.3) is 5.91 Å². The van der Waals surface area contributed by atoms with Gasteiger partial charge < -0.3 is 0 Å². The van der Waals surface area contributed by atoms with Crippen molar-refractivity contribution >= 4 is 27.5 Å². The van der Waals surface area contributed by atoms with Gasteiger partial charge in [0.2, 0.25) is 0 Å². The van der Waals surface area contributed by atoms with Crippen molar-refractivity contribution in [2.24, 2.45) is 0 Å². The number of carbonyl (C=O) groups excluding carboxylic acids is 1. The molecule has 1 unspecified atom stereocenters. The Morgan fingerprint density at radius 1 is 1.35 bits per heavy atom. The van der Waals surface area contributed by atoms with Crippen LogP contribution >= 0.6 is 15.9 Å². The van der Waals surface area contributed by atoms with E-state index in [4.69, 9.17) is 4.84 Å². The molecule has 0 aromatic heterocycles. The number of nitrogens with zero attached hydrogens (tertiary/aromatic N) is 1. The van der Waals surface area contributed by atoms with Crippen molar-refractivity contribution in [3.8, 4) is 0 Å². The first-order chi connectivity index (χ1) is 7.91. The monoisotopic (exact) mass is 309 g/mol. The van der Waals surface area contributed by atoms with Gasteiger partial charge in [0.1, 0.15) is 4.83 Å². The summed E-state index contributed by atoms with van der Waals surface area (Å²) in [5, 5.41) is 0.683. The van der Waals surface area contributed by atoms with Gasteiger partial charge in [-0.15, -0.1) is 0 Å². The first-order valence-electron chi connectivity index (χ1n) is 4.68. The molecule has 0 aliphatic carbocycles. The van der Waals surface area contributed by atoms with Gasteiger partial charge in [-0.25, -0.2) is 0 Å². The Kier molecular flexibility index (Phi) is 3.13. The summed E-state index contributed by atoms with van der Waals surface area (Å²) in [6.07, 6.45) is -4.52. The summed E-state index contributed by atoms with van der Waals surface area (Å²) in [6.45, 7) is 0.0189. The summed E-state index contributed by atoms with van der Waals surface area (Å²) in [5.41, 5.74) is -1.18. The summed E-state index contributed by atoms with van der Waals surface area (Å²) in [5.74, 6) is -0.540. The van der Waals surface area contributed by atoms with E-state index in [-0.39, 0.29) is 12.3 Å². The molecule has 92 valence electrons. The Balaban J connectivity index is 2.43. The first kappa shape index (κ1) is 12.4. The third-order valence-electron chi connectivity index (χ3n) is 2.25. The number of para-hydroxylation sites is 1. The number of hydrogen-bond acceptors (Lipinski definition) is 2. The van der Waals surface area contributed by atoms with E-state index in [1.54, 1.807) is 0 Å². The van der Waals surface area contributed by atoms with E-state index in [2.05, 4.69) is 15.9 Å². The number of rotatable bonds is 1. The molecule has 0 N–H and O–H groups in total. The average Bonchev–Trinajstić information content (AvgIpc) is 2.59. The lowest BCUT2D eigenvalue weighted by molar-refractivity contribution is -0.137. The second kappa shape index (κ2) is 4.30. The number of benzene rings is 1. The van der Waals surface area contributed by atoms with Crippen molar-refractivity contribution in [1.82, 2.24) is 0 Å². The lowest BCUT2D eigenvalue weighted by atomic mass is 10.1. The summed E-state index contributed by atoms with van der Waals surface area (Å²) in [6, 6.07) is 4.79. The fourth-order valence-electron chi connectivity index (χ4n) is 1.48. The van der Waals surface area contributed by atoms with Gasteiger partial charge in [0.05, 0.1) is 17.9 Å². The normalized spacial score (nSPS) is 21.1. The third-order valence-corrected chi connectivity index (χ3v) is 2.90. The molecule has 3 nitrogen and oxygen atoms in total. The molecule has 0 radical (unpaired) electrons. The Morgan fingerprint density at radius 2 is 2.00 bits per heavy atom. The number of carbonyl (C=O) groups is 1. The smallest absolute Gasteiger partial charge is 0.271 e. The second-order valence-electron chi connectivity index (χ2n) is 3.41. The highest BCUT2D eigenvalue weighted by atomic mass is 79.9. The van der Waals surface area contributed by atoms with Gasteiger partial charge in [-0.3, -0.25) is 9.63 Å². The number of halogens is 4. The van der Waals surface area contributed by atoms with Crippen LogP contribution in [0, 0.1) is 0 Å². The number of anilines is 1. The average molecular weight is 310 g/mol. The molecule has 1 amide bonds. The summed E-state index contributed by atoms with van der Waals surface area (Å²) in [4.78, 5) is 15.9. The lowest BCUT2D eigenvalue weighted by Gasteiger charge is -2.19. The molecule has 0 saturated carbocycles. The van der Waals surface area contributed by atoms with Gasteiger partial charge in [0.15, 0.2) is 0 Å². The van der Waals surface area contributed by atoms with E-state index in [1.165, 1.54) is 18.2 Å². The van der Waals surface area contributed by atoms with E-state index in [1.807, 2.05) is 0 Å². The molecule has 17 heavy (non-hydrogen) atoms. The van der Waals surface area contributed by atoms with Crippen LogP contribution in [0.2, 0.25) is 0 Å². The minimum absolute atomic E-state index is 0.0189. The van der Waals surface area contributed by atoms with E-state index >= 15 is 0 Å². The van der Waals surface area contributed by atoms with E-state index in [0.717, 1.165) is 6.07 Å². The maximum Gasteiger partial charge on any atom is 0.418 e. The van der Waals surface area contributed by atoms with Crippen molar-refractivity contribution in [2.75, 3.05) is 11.7 Å². The van der Waals surface area contributed by atoms with Gasteiger partial charge in [-0.05, 0) is 12.1 Å². The molecule has 1 atom stereocenters. The van der Waals surface area contributed by atoms with Crippen molar-refractivity contribution in [1.29, 1.82) is 0 Å². The molecule has 0 bridgehead atoms. The predicted molar refractivity (Wildman–Crippen MR) is 57.6 cm³/mol. The zero-order chi connectivity index (χ0) is 12.6. The van der Waals surface area contributed by atoms with Crippen LogP contribution in [-0.2, 0) is 15.8 Å². The maximum absolute atomic E-state index is 12.7. The molecule has 1 aliphatic rings. The molecule has 1 aromatic rings. The van der Waals surface area contributed by atoms with E-state index < -0.39 is 22.5 Å². The van der Waals surface area contributed by atoms with Crippen LogP contribution in [-0.4, -0.2) is 17.3 Å². The summed E-state index contributed by atoms with van der Waals surface area (Å²) < 4.78 is 38.2. The molecule has 1 aromatic carbocycles. The topological polar surface area (TPSA) is 29.5 Å². The molecular formula is C10H7BrF3NO2. The third kappa shape index (κ3) is 2.30. The fraction of sp³-hybridized carbons (Fsp3) is 0.300. The van der Waals surface area contributed by atoms with Crippen LogP contribution in [0.5, 0.6) is 0 Å². The molecule has 1 aliphatic heterocycles. The van der Waals surface area contributed by atoms with Crippen molar-refractivity contribution in [2.45, 2.75) is 11.0 Å². The Labute approximate surface area is 103 Å². The van der Waals surface area contributed by atoms with E-state index in [9.17, 15) is 18.0 Å². The highest BCUT2D eigenvalue weighted by Gasteiger charge is 2.39. The number of alkyl halides is 4. The fourth-order valence-corrected chi connectivity index (χ4v) is 1.78. The van der Waals surface area contributed by atoms with Gasteiger partial charge in [0, 0.05) is 0 Å². The second-order valence-corrected chi connectivity index (χ2v) is 4.52. The Bertz CT molecular complexity index is 449. The molecular weight excluding hydrogens is 303 g/mol. The Morgan fingerprint density at radius 3 is 2.53 bits per heavy atom. The van der Waals surface area contributed by atoms with Crippen LogP contribution in [0.4, 0.5) is 18.9 Å². The Hall–Kier alpha value is -1.08. The standard InChI is InChI=1S/C10H7BrF3NO2/c11-7-5-17-15(9(7)16)8-4-2-1-3-6(8)10(12,13)14/h1-4,7H,5H2. The van der Waals surface area contributed by atoms with Crippen molar-refractivity contribution in [3.63, 3.8) is 0 Å². The van der Waals surface area contributed by atoms with Crippen LogP contribution < -0.4 is 5.06 Å². The SMILES string of the molecule is O=C1C(Br)CON1c1ccccc1C(F)(F)F. The van der Waals surface area contributed by atoms with Crippen LogP contribution in [0.15, 0.2) is 24.3 Å². The minimum atomic E-state index is -4.52. The predicted octanol–water partition coefficient (Wildman–Crippen LogP) is 2.75. The summed E-state index contributed by atoms with van der Waals surface area (Å²) >= 11 is 3.02.